The number of likely N-dealkylation sites (N-methyl/N-ethyl adjacent to an activating group) is 1. The number of carbonyl (C=O) groups is 1. The van der Waals surface area contributed by atoms with Crippen molar-refractivity contribution in [2.45, 2.75) is 33.7 Å². The largest absolute Gasteiger partial charge is 0.355 e. The van der Waals surface area contributed by atoms with E-state index in [-0.39, 0.29) is 18.0 Å². The van der Waals surface area contributed by atoms with Gasteiger partial charge in [-0.2, -0.15) is 5.10 Å². The number of hydrogen-bond acceptors (Lipinski definition) is 5. The molecule has 0 aliphatic heterocycles. The zero-order chi connectivity index (χ0) is 15.1. The molecule has 1 rings (SSSR count). The van der Waals surface area contributed by atoms with Crippen molar-refractivity contribution in [2.75, 3.05) is 19.6 Å². The van der Waals surface area contributed by atoms with Crippen LogP contribution in [0.3, 0.4) is 0 Å². The Labute approximate surface area is 117 Å². The molecule has 0 saturated carbocycles. The maximum atomic E-state index is 11.6. The number of carbonyl (C=O) groups excluding carboxylic acids is 1. The van der Waals surface area contributed by atoms with Gasteiger partial charge in [-0.3, -0.25) is 19.6 Å². The van der Waals surface area contributed by atoms with Crippen molar-refractivity contribution >= 4 is 11.6 Å². The van der Waals surface area contributed by atoms with Gasteiger partial charge in [-0.15, -0.1) is 0 Å². The zero-order valence-corrected chi connectivity index (χ0v) is 12.1. The van der Waals surface area contributed by atoms with Crippen LogP contribution in [0.4, 0.5) is 5.69 Å². The first kappa shape index (κ1) is 16.1. The fourth-order valence-electron chi connectivity index (χ4n) is 1.93. The highest BCUT2D eigenvalue weighted by Crippen LogP contribution is 2.21. The lowest BCUT2D eigenvalue weighted by Crippen LogP contribution is -2.32. The van der Waals surface area contributed by atoms with Gasteiger partial charge in [0.15, 0.2) is 0 Å². The molecule has 0 atom stereocenters. The van der Waals surface area contributed by atoms with E-state index in [0.717, 1.165) is 13.1 Å². The molecule has 0 fully saturated rings. The number of nitrogens with one attached hydrogen (secondary N) is 2. The summed E-state index contributed by atoms with van der Waals surface area (Å²) in [6.07, 6.45) is 0.255. The van der Waals surface area contributed by atoms with Gasteiger partial charge in [-0.1, -0.05) is 6.92 Å². The summed E-state index contributed by atoms with van der Waals surface area (Å²) in [4.78, 5) is 22.0. The molecule has 0 aliphatic rings. The highest BCUT2D eigenvalue weighted by atomic mass is 16.6. The van der Waals surface area contributed by atoms with Crippen LogP contribution in [0.5, 0.6) is 0 Å². The van der Waals surface area contributed by atoms with Gasteiger partial charge in [0.2, 0.25) is 5.91 Å². The topological polar surface area (TPSA) is 102 Å². The van der Waals surface area contributed by atoms with Crippen LogP contribution in [0.1, 0.15) is 24.7 Å². The van der Waals surface area contributed by atoms with Gasteiger partial charge >= 0.3 is 5.69 Å². The van der Waals surface area contributed by atoms with Crippen molar-refractivity contribution in [2.24, 2.45) is 0 Å². The maximum absolute atomic E-state index is 11.6. The molecule has 0 radical (unpaired) electrons. The van der Waals surface area contributed by atoms with Crippen LogP contribution in [-0.4, -0.2) is 40.2 Å². The highest BCUT2D eigenvalue weighted by molar-refractivity contribution is 5.75. The molecule has 0 aliphatic carbocycles. The van der Waals surface area contributed by atoms with E-state index in [1.54, 1.807) is 13.8 Å². The van der Waals surface area contributed by atoms with Gasteiger partial charge < -0.3 is 10.6 Å². The number of aryl methyl sites for hydroxylation is 2. The lowest BCUT2D eigenvalue weighted by molar-refractivity contribution is -0.386. The van der Waals surface area contributed by atoms with Crippen molar-refractivity contribution in [3.8, 4) is 0 Å². The van der Waals surface area contributed by atoms with Gasteiger partial charge in [0, 0.05) is 19.5 Å². The molecule has 8 nitrogen and oxygen atoms in total. The Bertz CT molecular complexity index is 484. The molecule has 1 aromatic rings. The summed E-state index contributed by atoms with van der Waals surface area (Å²) in [5.74, 6) is -0.0851. The molecule has 1 heterocycles. The molecule has 20 heavy (non-hydrogen) atoms. The number of hydrogen-bond donors (Lipinski definition) is 2. The van der Waals surface area contributed by atoms with E-state index in [1.165, 1.54) is 4.68 Å². The van der Waals surface area contributed by atoms with Gasteiger partial charge in [-0.25, -0.2) is 0 Å². The van der Waals surface area contributed by atoms with Crippen LogP contribution in [-0.2, 0) is 11.3 Å². The van der Waals surface area contributed by atoms with Gasteiger partial charge in [0.05, 0.1) is 11.5 Å². The second kappa shape index (κ2) is 7.59. The second-order valence-corrected chi connectivity index (χ2v) is 4.45. The number of nitrogens with zero attached hydrogens (tertiary/aromatic N) is 3. The third kappa shape index (κ3) is 4.30. The van der Waals surface area contributed by atoms with E-state index in [0.29, 0.717) is 24.5 Å². The first-order valence-electron chi connectivity index (χ1n) is 6.63. The first-order valence-corrected chi connectivity index (χ1v) is 6.63. The number of aromatic nitrogens is 2. The third-order valence-electron chi connectivity index (χ3n) is 2.95. The molecule has 112 valence electrons. The van der Waals surface area contributed by atoms with Crippen molar-refractivity contribution < 1.29 is 9.72 Å². The van der Waals surface area contributed by atoms with Crippen LogP contribution >= 0.6 is 0 Å². The molecule has 0 bridgehead atoms. The minimum atomic E-state index is -0.440. The van der Waals surface area contributed by atoms with Crippen molar-refractivity contribution in [3.63, 3.8) is 0 Å². The molecule has 0 unspecified atom stereocenters. The summed E-state index contributed by atoms with van der Waals surface area (Å²) in [6.45, 7) is 7.74. The quantitative estimate of drug-likeness (QED) is 0.411. The molecule has 0 spiro atoms. The Hall–Kier alpha value is -1.96. The molecule has 0 aromatic carbocycles. The summed E-state index contributed by atoms with van der Waals surface area (Å²) in [5.41, 5.74) is 0.880. The Kier molecular flexibility index (Phi) is 6.10. The Balaban J connectivity index is 2.48. The van der Waals surface area contributed by atoms with E-state index in [9.17, 15) is 14.9 Å². The summed E-state index contributed by atoms with van der Waals surface area (Å²) >= 11 is 0. The Morgan fingerprint density at radius 2 is 2.10 bits per heavy atom. The van der Waals surface area contributed by atoms with E-state index in [4.69, 9.17) is 0 Å². The fourth-order valence-corrected chi connectivity index (χ4v) is 1.93. The van der Waals surface area contributed by atoms with Crippen LogP contribution in [0.2, 0.25) is 0 Å². The smallest absolute Gasteiger partial charge is 0.312 e. The summed E-state index contributed by atoms with van der Waals surface area (Å²) < 4.78 is 1.51. The first-order chi connectivity index (χ1) is 9.47. The minimum Gasteiger partial charge on any atom is -0.355 e. The maximum Gasteiger partial charge on any atom is 0.312 e. The SMILES string of the molecule is CCNCCNC(=O)CCn1nc(C)c([N+](=O)[O-])c1C. The number of rotatable bonds is 8. The fraction of sp³-hybridized carbons (Fsp3) is 0.667. The van der Waals surface area contributed by atoms with Crippen molar-refractivity contribution in [1.82, 2.24) is 20.4 Å². The number of nitro groups is 1. The molecule has 8 heteroatoms. The molecule has 0 saturated heterocycles. The lowest BCUT2D eigenvalue weighted by Gasteiger charge is -2.06. The van der Waals surface area contributed by atoms with Crippen LogP contribution in [0.25, 0.3) is 0 Å². The molecular formula is C12H21N5O3. The third-order valence-corrected chi connectivity index (χ3v) is 2.95. The van der Waals surface area contributed by atoms with Crippen LogP contribution < -0.4 is 10.6 Å². The molecular weight excluding hydrogens is 262 g/mol. The highest BCUT2D eigenvalue weighted by Gasteiger charge is 2.21. The average Bonchev–Trinajstić information content (AvgIpc) is 2.67. The Morgan fingerprint density at radius 1 is 1.40 bits per heavy atom. The molecule has 2 N–H and O–H groups in total. The van der Waals surface area contributed by atoms with Crippen LogP contribution in [0, 0.1) is 24.0 Å². The van der Waals surface area contributed by atoms with Gasteiger partial charge in [-0.05, 0) is 20.4 Å². The van der Waals surface area contributed by atoms with Gasteiger partial charge in [0.25, 0.3) is 0 Å². The Morgan fingerprint density at radius 3 is 2.65 bits per heavy atom. The van der Waals surface area contributed by atoms with Crippen molar-refractivity contribution in [3.05, 3.63) is 21.5 Å². The predicted octanol–water partition coefficient (Wildman–Crippen LogP) is 0.524. The predicted molar refractivity (Wildman–Crippen MR) is 74.5 cm³/mol. The average molecular weight is 283 g/mol. The monoisotopic (exact) mass is 283 g/mol. The summed E-state index contributed by atoms with van der Waals surface area (Å²) in [5, 5.41) is 20.8. The van der Waals surface area contributed by atoms with E-state index in [1.807, 2.05) is 6.92 Å². The zero-order valence-electron chi connectivity index (χ0n) is 12.1. The molecule has 1 amide bonds. The van der Waals surface area contributed by atoms with Crippen LogP contribution in [0.15, 0.2) is 0 Å². The van der Waals surface area contributed by atoms with Gasteiger partial charge in [0.1, 0.15) is 11.4 Å². The van der Waals surface area contributed by atoms with E-state index < -0.39 is 4.92 Å². The summed E-state index contributed by atoms with van der Waals surface area (Å²) in [6, 6.07) is 0. The summed E-state index contributed by atoms with van der Waals surface area (Å²) in [7, 11) is 0. The van der Waals surface area contributed by atoms with E-state index >= 15 is 0 Å². The second-order valence-electron chi connectivity index (χ2n) is 4.45. The van der Waals surface area contributed by atoms with E-state index in [2.05, 4.69) is 15.7 Å². The lowest BCUT2D eigenvalue weighted by atomic mass is 10.3. The number of amides is 1. The standard InChI is InChI=1S/C12H21N5O3/c1-4-13-6-7-14-11(18)5-8-16-10(3)12(17(19)20)9(2)15-16/h13H,4-8H2,1-3H3,(H,14,18). The molecule has 1 aromatic heterocycles. The normalized spacial score (nSPS) is 10.6. The van der Waals surface area contributed by atoms with Crippen molar-refractivity contribution in [1.29, 1.82) is 0 Å². The minimum absolute atomic E-state index is 0.0255.